The molecule has 0 radical (unpaired) electrons. The SMILES string of the molecule is CNC(=O)N(C(=O)c1cccc(F)c1)c1cccc(-c2c(Cl)cc(C(N)=O)c3[nH]c4cc(C(C)(C)O)ccc4c23)c1C. The zero-order valence-electron chi connectivity index (χ0n) is 23.3. The van der Waals surface area contributed by atoms with Crippen LogP contribution in [-0.2, 0) is 5.60 Å². The first-order valence-corrected chi connectivity index (χ1v) is 13.4. The van der Waals surface area contributed by atoms with Gasteiger partial charge < -0.3 is 21.1 Å². The number of urea groups is 1. The second-order valence-electron chi connectivity index (χ2n) is 10.5. The van der Waals surface area contributed by atoms with Crippen LogP contribution in [0.4, 0.5) is 14.9 Å². The van der Waals surface area contributed by atoms with Crippen molar-refractivity contribution in [2.45, 2.75) is 26.4 Å². The van der Waals surface area contributed by atoms with Crippen LogP contribution < -0.4 is 16.0 Å². The van der Waals surface area contributed by atoms with Gasteiger partial charge in [0.25, 0.3) is 11.8 Å². The summed E-state index contributed by atoms with van der Waals surface area (Å²) in [6, 6.07) is 16.4. The van der Waals surface area contributed by atoms with E-state index in [1.807, 2.05) is 6.07 Å². The lowest BCUT2D eigenvalue weighted by Crippen LogP contribution is -2.43. The summed E-state index contributed by atoms with van der Waals surface area (Å²) in [4.78, 5) is 43.3. The van der Waals surface area contributed by atoms with E-state index < -0.39 is 29.3 Å². The highest BCUT2D eigenvalue weighted by molar-refractivity contribution is 6.37. The molecule has 8 nitrogen and oxygen atoms in total. The monoisotopic (exact) mass is 586 g/mol. The molecule has 4 aromatic carbocycles. The lowest BCUT2D eigenvalue weighted by molar-refractivity contribution is 0.0787. The molecule has 5 aromatic rings. The first-order valence-electron chi connectivity index (χ1n) is 13.1. The van der Waals surface area contributed by atoms with Gasteiger partial charge in [-0.15, -0.1) is 0 Å². The summed E-state index contributed by atoms with van der Waals surface area (Å²) in [6.45, 7) is 5.09. The van der Waals surface area contributed by atoms with E-state index in [2.05, 4.69) is 10.3 Å². The highest BCUT2D eigenvalue weighted by Gasteiger charge is 2.28. The van der Waals surface area contributed by atoms with E-state index >= 15 is 0 Å². The number of nitrogens with zero attached hydrogens (tertiary/aromatic N) is 1. The van der Waals surface area contributed by atoms with Gasteiger partial charge in [-0.3, -0.25) is 9.59 Å². The number of hydrogen-bond acceptors (Lipinski definition) is 4. The number of fused-ring (bicyclic) bond motifs is 3. The van der Waals surface area contributed by atoms with Gasteiger partial charge in [0, 0.05) is 39.5 Å². The van der Waals surface area contributed by atoms with E-state index in [1.165, 1.54) is 31.3 Å². The Labute approximate surface area is 245 Å². The Balaban J connectivity index is 1.80. The summed E-state index contributed by atoms with van der Waals surface area (Å²) in [5.74, 6) is -2.01. The highest BCUT2D eigenvalue weighted by Crippen LogP contribution is 2.44. The molecule has 0 saturated heterocycles. The third-order valence-corrected chi connectivity index (χ3v) is 7.60. The molecule has 214 valence electrons. The van der Waals surface area contributed by atoms with Gasteiger partial charge in [-0.2, -0.15) is 0 Å². The minimum absolute atomic E-state index is 0.00567. The van der Waals surface area contributed by atoms with Crippen LogP contribution in [0.1, 0.15) is 45.7 Å². The maximum absolute atomic E-state index is 14.0. The molecule has 0 fully saturated rings. The Morgan fingerprint density at radius 2 is 1.76 bits per heavy atom. The van der Waals surface area contributed by atoms with E-state index in [4.69, 9.17) is 17.3 Å². The van der Waals surface area contributed by atoms with Crippen LogP contribution in [0.25, 0.3) is 32.9 Å². The molecule has 42 heavy (non-hydrogen) atoms. The number of anilines is 1. The molecule has 0 atom stereocenters. The maximum atomic E-state index is 14.0. The lowest BCUT2D eigenvalue weighted by atomic mass is 9.92. The molecule has 0 spiro atoms. The molecule has 5 rings (SSSR count). The van der Waals surface area contributed by atoms with Gasteiger partial charge in [0.1, 0.15) is 5.82 Å². The minimum Gasteiger partial charge on any atom is -0.386 e. The molecule has 0 aliphatic heterocycles. The molecule has 0 bridgehead atoms. The van der Waals surface area contributed by atoms with Crippen molar-refractivity contribution < 1.29 is 23.9 Å². The number of benzene rings is 4. The van der Waals surface area contributed by atoms with Gasteiger partial charge in [0.15, 0.2) is 0 Å². The summed E-state index contributed by atoms with van der Waals surface area (Å²) in [6.07, 6.45) is 0. The summed E-state index contributed by atoms with van der Waals surface area (Å²) in [5, 5.41) is 14.6. The first-order chi connectivity index (χ1) is 19.8. The van der Waals surface area contributed by atoms with Crippen LogP contribution >= 0.6 is 11.6 Å². The average Bonchev–Trinajstić information content (AvgIpc) is 3.32. The Kier molecular flexibility index (Phi) is 7.26. The topological polar surface area (TPSA) is 129 Å². The minimum atomic E-state index is -1.11. The number of amides is 4. The van der Waals surface area contributed by atoms with Crippen molar-refractivity contribution >= 4 is 56.9 Å². The summed E-state index contributed by atoms with van der Waals surface area (Å²) in [7, 11) is 1.39. The van der Waals surface area contributed by atoms with Crippen LogP contribution in [-0.4, -0.2) is 35.0 Å². The Bertz CT molecular complexity index is 1930. The maximum Gasteiger partial charge on any atom is 0.328 e. The van der Waals surface area contributed by atoms with Crippen molar-refractivity contribution in [1.29, 1.82) is 0 Å². The Hall–Kier alpha value is -4.73. The molecule has 5 N–H and O–H groups in total. The fourth-order valence-corrected chi connectivity index (χ4v) is 5.50. The van der Waals surface area contributed by atoms with Gasteiger partial charge >= 0.3 is 6.03 Å². The Morgan fingerprint density at radius 1 is 1.05 bits per heavy atom. The number of hydrogen-bond donors (Lipinski definition) is 4. The predicted molar refractivity (Wildman–Crippen MR) is 162 cm³/mol. The molecule has 0 unspecified atom stereocenters. The third kappa shape index (κ3) is 4.87. The van der Waals surface area contributed by atoms with Crippen molar-refractivity contribution in [3.05, 3.63) is 99.8 Å². The fraction of sp³-hybridized carbons (Fsp3) is 0.156. The van der Waals surface area contributed by atoms with Gasteiger partial charge in [-0.1, -0.05) is 41.9 Å². The number of H-pyrrole nitrogens is 1. The molecular formula is C32H28ClFN4O4. The molecule has 4 amide bonds. The number of carbonyl (C=O) groups is 3. The van der Waals surface area contributed by atoms with Crippen LogP contribution in [0.3, 0.4) is 0 Å². The smallest absolute Gasteiger partial charge is 0.328 e. The number of primary amides is 1. The number of nitrogens with one attached hydrogen (secondary N) is 2. The Morgan fingerprint density at radius 3 is 2.40 bits per heavy atom. The van der Waals surface area contributed by atoms with Crippen molar-refractivity contribution in [2.24, 2.45) is 5.73 Å². The molecule has 1 heterocycles. The normalized spacial score (nSPS) is 11.6. The zero-order chi connectivity index (χ0) is 30.5. The van der Waals surface area contributed by atoms with Gasteiger partial charge in [0.05, 0.1) is 22.4 Å². The largest absolute Gasteiger partial charge is 0.386 e. The van der Waals surface area contributed by atoms with Crippen molar-refractivity contribution in [3.63, 3.8) is 0 Å². The lowest BCUT2D eigenvalue weighted by Gasteiger charge is -2.24. The molecule has 10 heteroatoms. The molecule has 0 aliphatic rings. The summed E-state index contributed by atoms with van der Waals surface area (Å²) < 4.78 is 14.0. The second kappa shape index (κ2) is 10.6. The second-order valence-corrected chi connectivity index (χ2v) is 10.9. The summed E-state index contributed by atoms with van der Waals surface area (Å²) in [5.41, 5.74) is 8.48. The number of aliphatic hydroxyl groups is 1. The number of halogens is 2. The number of rotatable bonds is 5. The van der Waals surface area contributed by atoms with Crippen LogP contribution in [0.2, 0.25) is 5.02 Å². The third-order valence-electron chi connectivity index (χ3n) is 7.31. The van der Waals surface area contributed by atoms with Gasteiger partial charge in [-0.25, -0.2) is 14.1 Å². The van der Waals surface area contributed by atoms with Gasteiger partial charge in [0.2, 0.25) is 0 Å². The molecule has 0 saturated carbocycles. The van der Waals surface area contributed by atoms with Crippen LogP contribution in [0.15, 0.2) is 66.7 Å². The number of aromatic amines is 1. The fourth-order valence-electron chi connectivity index (χ4n) is 5.20. The summed E-state index contributed by atoms with van der Waals surface area (Å²) >= 11 is 6.85. The van der Waals surface area contributed by atoms with Crippen LogP contribution in [0.5, 0.6) is 0 Å². The number of aromatic nitrogens is 1. The van der Waals surface area contributed by atoms with Gasteiger partial charge in [-0.05, 0) is 73.9 Å². The van der Waals surface area contributed by atoms with E-state index in [0.717, 1.165) is 16.4 Å². The zero-order valence-corrected chi connectivity index (χ0v) is 24.1. The van der Waals surface area contributed by atoms with Crippen molar-refractivity contribution in [3.8, 4) is 11.1 Å². The van der Waals surface area contributed by atoms with E-state index in [-0.39, 0.29) is 21.8 Å². The number of nitrogens with two attached hydrogens (primary N) is 1. The highest BCUT2D eigenvalue weighted by atomic mass is 35.5. The van der Waals surface area contributed by atoms with E-state index in [0.29, 0.717) is 38.7 Å². The standard InChI is InChI=1S/C32H28ClFN4O4/c1-16-20(9-6-10-25(16)38(31(41)36-4)30(40)17-7-5-8-19(34)13-17)26-23(33)15-22(29(35)39)28-27(26)21-12-11-18(32(2,3)42)14-24(21)37-28/h5-15,37,42H,1-4H3,(H2,35,39)(H,36,41). The van der Waals surface area contributed by atoms with Crippen molar-refractivity contribution in [1.82, 2.24) is 10.3 Å². The first kappa shape index (κ1) is 28.8. The molecule has 0 aliphatic carbocycles. The quantitative estimate of drug-likeness (QED) is 0.190. The average molecular weight is 587 g/mol. The van der Waals surface area contributed by atoms with Crippen molar-refractivity contribution in [2.75, 3.05) is 11.9 Å². The van der Waals surface area contributed by atoms with Crippen LogP contribution in [0, 0.1) is 12.7 Å². The van der Waals surface area contributed by atoms with E-state index in [9.17, 15) is 23.9 Å². The molecule has 1 aromatic heterocycles. The van der Waals surface area contributed by atoms with E-state index in [1.54, 1.807) is 51.1 Å². The molecular weight excluding hydrogens is 559 g/mol. The number of carbonyl (C=O) groups excluding carboxylic acids is 3. The number of imide groups is 1. The predicted octanol–water partition coefficient (Wildman–Crippen LogP) is 6.40.